The third kappa shape index (κ3) is 2.84. The fraction of sp³-hybridized carbons (Fsp3) is 0.643. The summed E-state index contributed by atoms with van der Waals surface area (Å²) < 4.78 is 0. The van der Waals surface area contributed by atoms with Crippen molar-refractivity contribution < 1.29 is 5.03 Å². The molecule has 1 aliphatic carbocycles. The Morgan fingerprint density at radius 3 is 2.80 bits per heavy atom. The van der Waals surface area contributed by atoms with Crippen LogP contribution in [0.25, 0.3) is 0 Å². The Kier molecular flexibility index (Phi) is 3.83. The monoisotopic (exact) mass is 278 g/mol. The van der Waals surface area contributed by atoms with Crippen molar-refractivity contribution in [3.63, 3.8) is 0 Å². The molecule has 0 saturated heterocycles. The third-order valence-electron chi connectivity index (χ3n) is 4.23. The van der Waals surface area contributed by atoms with Crippen molar-refractivity contribution in [2.75, 3.05) is 19.6 Å². The number of rotatable bonds is 3. The maximum atomic E-state index is 10.6. The highest BCUT2D eigenvalue weighted by Crippen LogP contribution is 2.45. The molecule has 0 saturated carbocycles. The largest absolute Gasteiger partial charge is 0.336 e. The number of hydrogen-bond donors (Lipinski definition) is 1. The maximum Gasteiger partial charge on any atom is 0.257 e. The smallest absolute Gasteiger partial charge is 0.257 e. The lowest BCUT2D eigenvalue weighted by Gasteiger charge is -2.45. The second-order valence-electron chi connectivity index (χ2n) is 6.39. The molecule has 20 heavy (non-hydrogen) atoms. The van der Waals surface area contributed by atoms with Crippen LogP contribution in [0.5, 0.6) is 0 Å². The van der Waals surface area contributed by atoms with E-state index < -0.39 is 5.03 Å². The second-order valence-corrected chi connectivity index (χ2v) is 6.39. The summed E-state index contributed by atoms with van der Waals surface area (Å²) in [6.45, 7) is 8.71. The van der Waals surface area contributed by atoms with E-state index in [1.807, 2.05) is 4.90 Å². The van der Waals surface area contributed by atoms with Gasteiger partial charge in [0.05, 0.1) is 6.54 Å². The van der Waals surface area contributed by atoms with Gasteiger partial charge in [0.25, 0.3) is 5.96 Å². The summed E-state index contributed by atoms with van der Waals surface area (Å²) in [6.07, 6.45) is 9.46. The summed E-state index contributed by atoms with van der Waals surface area (Å²) in [5.74, 6) is 0.376. The first-order valence-corrected chi connectivity index (χ1v) is 6.89. The third-order valence-corrected chi connectivity index (χ3v) is 4.23. The van der Waals surface area contributed by atoms with Crippen LogP contribution in [-0.4, -0.2) is 35.5 Å². The van der Waals surface area contributed by atoms with Gasteiger partial charge in [0, 0.05) is 18.5 Å². The zero-order valence-electron chi connectivity index (χ0n) is 12.3. The van der Waals surface area contributed by atoms with E-state index in [-0.39, 0.29) is 10.8 Å². The molecule has 1 N–H and O–H groups in total. The van der Waals surface area contributed by atoms with Crippen LogP contribution in [0.1, 0.15) is 27.2 Å². The summed E-state index contributed by atoms with van der Waals surface area (Å²) in [4.78, 5) is 16.8. The zero-order valence-corrected chi connectivity index (χ0v) is 12.3. The first-order valence-electron chi connectivity index (χ1n) is 6.89. The molecule has 6 nitrogen and oxygen atoms in total. The van der Waals surface area contributed by atoms with E-state index >= 15 is 0 Å². The van der Waals surface area contributed by atoms with E-state index in [0.717, 1.165) is 19.5 Å². The maximum absolute atomic E-state index is 10.6. The van der Waals surface area contributed by atoms with Gasteiger partial charge in [-0.2, -0.15) is 0 Å². The fourth-order valence-electron chi connectivity index (χ4n) is 2.74. The molecule has 0 aromatic heterocycles. The average Bonchev–Trinajstić information content (AvgIpc) is 2.75. The van der Waals surface area contributed by atoms with Crippen LogP contribution in [0.2, 0.25) is 0 Å². The summed E-state index contributed by atoms with van der Waals surface area (Å²) in [5, 5.41) is 10.1. The normalized spacial score (nSPS) is 25.8. The predicted molar refractivity (Wildman–Crippen MR) is 78.8 cm³/mol. The van der Waals surface area contributed by atoms with Crippen LogP contribution in [0.15, 0.2) is 29.3 Å². The lowest BCUT2D eigenvalue weighted by atomic mass is 9.63. The molecule has 2 aliphatic rings. The van der Waals surface area contributed by atoms with Crippen molar-refractivity contribution in [3.8, 4) is 0 Å². The molecule has 0 aromatic carbocycles. The molecule has 110 valence electrons. The molecule has 0 spiro atoms. The van der Waals surface area contributed by atoms with Gasteiger partial charge in [-0.05, 0) is 11.8 Å². The predicted octanol–water partition coefficient (Wildman–Crippen LogP) is 1.99. The molecular formula is C14H22N4O2. The molecular weight excluding hydrogens is 256 g/mol. The van der Waals surface area contributed by atoms with E-state index in [1.165, 1.54) is 0 Å². The molecule has 0 aromatic rings. The lowest BCUT2D eigenvalue weighted by molar-refractivity contribution is -0.526. The van der Waals surface area contributed by atoms with Gasteiger partial charge < -0.3 is 4.90 Å². The molecule has 0 bridgehead atoms. The highest BCUT2D eigenvalue weighted by Gasteiger charge is 2.42. The van der Waals surface area contributed by atoms with Gasteiger partial charge in [-0.15, -0.1) is 0 Å². The lowest BCUT2D eigenvalue weighted by Crippen LogP contribution is -2.50. The highest BCUT2D eigenvalue weighted by atomic mass is 16.7. The van der Waals surface area contributed by atoms with Crippen molar-refractivity contribution >= 4 is 5.96 Å². The summed E-state index contributed by atoms with van der Waals surface area (Å²) in [5.41, 5.74) is 2.24. The van der Waals surface area contributed by atoms with Gasteiger partial charge in [0.15, 0.2) is 5.03 Å². The van der Waals surface area contributed by atoms with Crippen molar-refractivity contribution in [2.24, 2.45) is 15.8 Å². The molecule has 1 heterocycles. The number of nitrogens with zero attached hydrogens (tertiary/aromatic N) is 3. The first kappa shape index (κ1) is 14.6. The summed E-state index contributed by atoms with van der Waals surface area (Å²) >= 11 is 0. The molecule has 6 heteroatoms. The Balaban J connectivity index is 2.17. The molecule has 2 rings (SSSR count). The Morgan fingerprint density at radius 1 is 1.50 bits per heavy atom. The SMILES string of the molecule is CC(C)(C)C1(CN2CCN=C2N[N+](=O)[O-])C=CC=CC1. The van der Waals surface area contributed by atoms with Crippen molar-refractivity contribution in [1.29, 1.82) is 0 Å². The first-order chi connectivity index (χ1) is 9.34. The van der Waals surface area contributed by atoms with Crippen molar-refractivity contribution in [1.82, 2.24) is 10.3 Å². The van der Waals surface area contributed by atoms with E-state index in [9.17, 15) is 10.1 Å². The van der Waals surface area contributed by atoms with Gasteiger partial charge in [-0.25, -0.2) is 15.1 Å². The Bertz CT molecular complexity index is 476. The van der Waals surface area contributed by atoms with E-state index in [2.05, 4.69) is 55.5 Å². The average molecular weight is 278 g/mol. The fourth-order valence-corrected chi connectivity index (χ4v) is 2.74. The van der Waals surface area contributed by atoms with Crippen LogP contribution in [0.3, 0.4) is 0 Å². The number of guanidine groups is 1. The second kappa shape index (κ2) is 5.26. The van der Waals surface area contributed by atoms with Crippen LogP contribution in [0, 0.1) is 20.9 Å². The minimum Gasteiger partial charge on any atom is -0.336 e. The zero-order chi connectivity index (χ0) is 14.8. The van der Waals surface area contributed by atoms with Crippen molar-refractivity contribution in [3.05, 3.63) is 34.4 Å². The molecule has 0 fully saturated rings. The van der Waals surface area contributed by atoms with Gasteiger partial charge in [0.1, 0.15) is 0 Å². The number of aliphatic imine (C=N–C) groups is 1. The summed E-state index contributed by atoms with van der Waals surface area (Å²) in [6, 6.07) is 0. The number of nitro groups is 1. The molecule has 0 radical (unpaired) electrons. The van der Waals surface area contributed by atoms with Gasteiger partial charge >= 0.3 is 0 Å². The van der Waals surface area contributed by atoms with E-state index in [0.29, 0.717) is 12.5 Å². The van der Waals surface area contributed by atoms with E-state index in [1.54, 1.807) is 0 Å². The Hall–Kier alpha value is -1.85. The molecule has 1 unspecified atom stereocenters. The van der Waals surface area contributed by atoms with Crippen LogP contribution in [-0.2, 0) is 0 Å². The van der Waals surface area contributed by atoms with Gasteiger partial charge in [-0.1, -0.05) is 50.5 Å². The van der Waals surface area contributed by atoms with Crippen LogP contribution in [0.4, 0.5) is 0 Å². The number of hydrazine groups is 1. The highest BCUT2D eigenvalue weighted by molar-refractivity contribution is 5.80. The number of nitrogens with one attached hydrogen (secondary N) is 1. The standard InChI is InChI=1S/C14H22N4O2/c1-13(2,3)14(7-5-4-6-8-14)11-17-10-9-15-12(17)16-18(19)20/h4-7H,8-11H2,1-3H3,(H,15,16). The van der Waals surface area contributed by atoms with Crippen molar-refractivity contribution in [2.45, 2.75) is 27.2 Å². The quantitative estimate of drug-likeness (QED) is 0.633. The van der Waals surface area contributed by atoms with Crippen LogP contribution < -0.4 is 5.43 Å². The Morgan fingerprint density at radius 2 is 2.25 bits per heavy atom. The topological polar surface area (TPSA) is 70.8 Å². The van der Waals surface area contributed by atoms with Gasteiger partial charge in [-0.3, -0.25) is 0 Å². The molecule has 1 aliphatic heterocycles. The number of hydrogen-bond acceptors (Lipinski definition) is 4. The van der Waals surface area contributed by atoms with Gasteiger partial charge in [0.2, 0.25) is 0 Å². The van der Waals surface area contributed by atoms with E-state index in [4.69, 9.17) is 0 Å². The van der Waals surface area contributed by atoms with Crippen LogP contribution >= 0.6 is 0 Å². The minimum atomic E-state index is -0.544. The molecule has 1 atom stereocenters. The summed E-state index contributed by atoms with van der Waals surface area (Å²) in [7, 11) is 0. The minimum absolute atomic E-state index is 0.0366. The molecule has 0 amide bonds. The number of allylic oxidation sites excluding steroid dienone is 3. The Labute approximate surface area is 119 Å².